The summed E-state index contributed by atoms with van der Waals surface area (Å²) >= 11 is 0. The number of carbonyl (C=O) groups excluding carboxylic acids is 2. The predicted molar refractivity (Wildman–Crippen MR) is 62.3 cm³/mol. The van der Waals surface area contributed by atoms with Crippen molar-refractivity contribution in [2.45, 2.75) is 18.4 Å². The lowest BCUT2D eigenvalue weighted by molar-refractivity contribution is -0.157. The zero-order valence-electron chi connectivity index (χ0n) is 9.93. The SMILES string of the molecule is C=CC(=O)N1CCOC2(CCN(C=O)CC2)C1. The average Bonchev–Trinajstić information content (AvgIpc) is 2.39. The molecule has 0 aromatic rings. The number of amides is 2. The molecular weight excluding hydrogens is 220 g/mol. The van der Waals surface area contributed by atoms with Crippen LogP contribution in [0, 0.1) is 0 Å². The van der Waals surface area contributed by atoms with Crippen LogP contribution in [0.1, 0.15) is 12.8 Å². The van der Waals surface area contributed by atoms with Crippen molar-refractivity contribution in [3.05, 3.63) is 12.7 Å². The van der Waals surface area contributed by atoms with Crippen LogP contribution >= 0.6 is 0 Å². The molecule has 2 rings (SSSR count). The molecule has 0 aromatic carbocycles. The smallest absolute Gasteiger partial charge is 0.246 e. The van der Waals surface area contributed by atoms with E-state index >= 15 is 0 Å². The van der Waals surface area contributed by atoms with Gasteiger partial charge in [-0.3, -0.25) is 9.59 Å². The summed E-state index contributed by atoms with van der Waals surface area (Å²) in [6.07, 6.45) is 3.82. The molecule has 0 bridgehead atoms. The average molecular weight is 238 g/mol. The monoisotopic (exact) mass is 238 g/mol. The van der Waals surface area contributed by atoms with Crippen molar-refractivity contribution in [2.24, 2.45) is 0 Å². The molecule has 0 N–H and O–H groups in total. The first kappa shape index (κ1) is 12.1. The van der Waals surface area contributed by atoms with Crippen LogP contribution < -0.4 is 0 Å². The molecule has 1 spiro atoms. The first-order chi connectivity index (χ1) is 8.19. The highest BCUT2D eigenvalue weighted by Crippen LogP contribution is 2.29. The van der Waals surface area contributed by atoms with Crippen molar-refractivity contribution >= 4 is 12.3 Å². The summed E-state index contributed by atoms with van der Waals surface area (Å²) in [7, 11) is 0. The number of hydrogen-bond donors (Lipinski definition) is 0. The summed E-state index contributed by atoms with van der Waals surface area (Å²) in [6, 6.07) is 0. The van der Waals surface area contributed by atoms with Gasteiger partial charge < -0.3 is 14.5 Å². The lowest BCUT2D eigenvalue weighted by Gasteiger charge is -2.46. The number of likely N-dealkylation sites (tertiary alicyclic amines) is 1. The number of piperidine rings is 1. The number of nitrogens with zero attached hydrogens (tertiary/aromatic N) is 2. The first-order valence-electron chi connectivity index (χ1n) is 5.94. The third-order valence-corrected chi connectivity index (χ3v) is 3.59. The van der Waals surface area contributed by atoms with Gasteiger partial charge in [-0.2, -0.15) is 0 Å². The Balaban J connectivity index is 1.99. The Morgan fingerprint density at radius 2 is 2.00 bits per heavy atom. The van der Waals surface area contributed by atoms with Gasteiger partial charge in [0.15, 0.2) is 0 Å². The minimum absolute atomic E-state index is 0.0366. The maximum Gasteiger partial charge on any atom is 0.246 e. The van der Waals surface area contributed by atoms with Gasteiger partial charge in [-0.05, 0) is 18.9 Å². The summed E-state index contributed by atoms with van der Waals surface area (Å²) in [5.41, 5.74) is -0.254. The number of hydrogen-bond acceptors (Lipinski definition) is 3. The van der Waals surface area contributed by atoms with Crippen LogP contribution in [-0.4, -0.2) is 60.5 Å². The fraction of sp³-hybridized carbons (Fsp3) is 0.667. The van der Waals surface area contributed by atoms with Crippen LogP contribution in [0.4, 0.5) is 0 Å². The van der Waals surface area contributed by atoms with Gasteiger partial charge in [0.05, 0.1) is 18.8 Å². The molecular formula is C12H18N2O3. The third kappa shape index (κ3) is 2.49. The Kier molecular flexibility index (Phi) is 3.47. The molecule has 2 aliphatic heterocycles. The zero-order chi connectivity index (χ0) is 12.3. The molecule has 2 heterocycles. The molecule has 0 atom stereocenters. The zero-order valence-corrected chi connectivity index (χ0v) is 9.93. The Morgan fingerprint density at radius 1 is 1.29 bits per heavy atom. The number of carbonyl (C=O) groups is 2. The molecule has 0 saturated carbocycles. The van der Waals surface area contributed by atoms with Gasteiger partial charge in [-0.1, -0.05) is 6.58 Å². The normalized spacial score (nSPS) is 23.5. The van der Waals surface area contributed by atoms with Gasteiger partial charge in [0.2, 0.25) is 12.3 Å². The van der Waals surface area contributed by atoms with Gasteiger partial charge in [0, 0.05) is 19.6 Å². The van der Waals surface area contributed by atoms with E-state index in [1.165, 1.54) is 6.08 Å². The summed E-state index contributed by atoms with van der Waals surface area (Å²) in [5.74, 6) is -0.0366. The fourth-order valence-corrected chi connectivity index (χ4v) is 2.50. The molecule has 2 saturated heterocycles. The molecule has 2 fully saturated rings. The summed E-state index contributed by atoms with van der Waals surface area (Å²) < 4.78 is 5.85. The van der Waals surface area contributed by atoms with Gasteiger partial charge in [0.25, 0.3) is 0 Å². The van der Waals surface area contributed by atoms with E-state index in [-0.39, 0.29) is 11.5 Å². The molecule has 0 unspecified atom stereocenters. The second-order valence-electron chi connectivity index (χ2n) is 4.64. The molecule has 17 heavy (non-hydrogen) atoms. The summed E-state index contributed by atoms with van der Waals surface area (Å²) in [6.45, 7) is 6.74. The third-order valence-electron chi connectivity index (χ3n) is 3.59. The van der Waals surface area contributed by atoms with E-state index in [4.69, 9.17) is 4.74 Å². The second kappa shape index (κ2) is 4.87. The molecule has 94 valence electrons. The standard InChI is InChI=1S/C12H18N2O3/c1-2-11(16)14-7-8-17-12(9-14)3-5-13(10-15)6-4-12/h2,10H,1,3-9H2. The van der Waals surface area contributed by atoms with Gasteiger partial charge >= 0.3 is 0 Å². The van der Waals surface area contributed by atoms with Gasteiger partial charge in [-0.15, -0.1) is 0 Å². The highest BCUT2D eigenvalue weighted by molar-refractivity contribution is 5.87. The van der Waals surface area contributed by atoms with E-state index in [1.807, 2.05) is 0 Å². The van der Waals surface area contributed by atoms with Crippen LogP contribution in [0.15, 0.2) is 12.7 Å². The molecule has 0 aliphatic carbocycles. The van der Waals surface area contributed by atoms with Crippen molar-refractivity contribution in [3.8, 4) is 0 Å². The molecule has 0 aromatic heterocycles. The number of morpholine rings is 1. The quantitative estimate of drug-likeness (QED) is 0.503. The topological polar surface area (TPSA) is 49.9 Å². The van der Waals surface area contributed by atoms with E-state index in [0.29, 0.717) is 32.8 Å². The Morgan fingerprint density at radius 3 is 2.59 bits per heavy atom. The van der Waals surface area contributed by atoms with Crippen molar-refractivity contribution < 1.29 is 14.3 Å². The molecule has 0 radical (unpaired) electrons. The molecule has 5 heteroatoms. The molecule has 2 aliphatic rings. The van der Waals surface area contributed by atoms with Crippen LogP contribution in [0.2, 0.25) is 0 Å². The largest absolute Gasteiger partial charge is 0.371 e. The van der Waals surface area contributed by atoms with Crippen molar-refractivity contribution in [3.63, 3.8) is 0 Å². The minimum atomic E-state index is -0.254. The molecule has 5 nitrogen and oxygen atoms in total. The van der Waals surface area contributed by atoms with Gasteiger partial charge in [-0.25, -0.2) is 0 Å². The molecule has 2 amide bonds. The van der Waals surface area contributed by atoms with Crippen LogP contribution in [-0.2, 0) is 14.3 Å². The Hall–Kier alpha value is -1.36. The first-order valence-corrected chi connectivity index (χ1v) is 5.94. The van der Waals surface area contributed by atoms with E-state index < -0.39 is 0 Å². The highest BCUT2D eigenvalue weighted by atomic mass is 16.5. The highest BCUT2D eigenvalue weighted by Gasteiger charge is 2.40. The van der Waals surface area contributed by atoms with Gasteiger partial charge in [0.1, 0.15) is 0 Å². The van der Waals surface area contributed by atoms with Crippen LogP contribution in [0.5, 0.6) is 0 Å². The predicted octanol–water partition coefficient (Wildman–Crippen LogP) is 0.0222. The maximum absolute atomic E-state index is 11.6. The van der Waals surface area contributed by atoms with Crippen molar-refractivity contribution in [1.82, 2.24) is 9.80 Å². The lowest BCUT2D eigenvalue weighted by atomic mass is 9.89. The Bertz CT molecular complexity index is 322. The minimum Gasteiger partial charge on any atom is -0.371 e. The van der Waals surface area contributed by atoms with Crippen LogP contribution in [0.3, 0.4) is 0 Å². The fourth-order valence-electron chi connectivity index (χ4n) is 2.50. The van der Waals surface area contributed by atoms with E-state index in [1.54, 1.807) is 9.80 Å². The number of rotatable bonds is 2. The van der Waals surface area contributed by atoms with Crippen molar-refractivity contribution in [1.29, 1.82) is 0 Å². The van der Waals surface area contributed by atoms with E-state index in [0.717, 1.165) is 19.3 Å². The maximum atomic E-state index is 11.6. The van der Waals surface area contributed by atoms with E-state index in [9.17, 15) is 9.59 Å². The Labute approximate surface area is 101 Å². The summed E-state index contributed by atoms with van der Waals surface area (Å²) in [4.78, 5) is 25.8. The van der Waals surface area contributed by atoms with E-state index in [2.05, 4.69) is 6.58 Å². The van der Waals surface area contributed by atoms with Crippen molar-refractivity contribution in [2.75, 3.05) is 32.8 Å². The second-order valence-corrected chi connectivity index (χ2v) is 4.64. The van der Waals surface area contributed by atoms with Crippen LogP contribution in [0.25, 0.3) is 0 Å². The summed E-state index contributed by atoms with van der Waals surface area (Å²) in [5, 5.41) is 0. The number of ether oxygens (including phenoxy) is 1. The lowest BCUT2D eigenvalue weighted by Crippen LogP contribution is -2.57.